The second kappa shape index (κ2) is 5.34. The molecule has 0 aliphatic heterocycles. The normalized spacial score (nSPS) is 13.2. The van der Waals surface area contributed by atoms with E-state index in [4.69, 9.17) is 0 Å². The van der Waals surface area contributed by atoms with Crippen molar-refractivity contribution in [2.24, 2.45) is 5.92 Å². The SMILES string of the molecule is CC(C)C(C)NCc1cc(F)c(F)c(F)c1. The highest BCUT2D eigenvalue weighted by Crippen LogP contribution is 2.13. The molecular weight excluding hydrogens is 215 g/mol. The van der Waals surface area contributed by atoms with E-state index in [-0.39, 0.29) is 6.04 Å². The third kappa shape index (κ3) is 3.23. The van der Waals surface area contributed by atoms with Crippen molar-refractivity contribution in [3.63, 3.8) is 0 Å². The first-order chi connectivity index (χ1) is 7.41. The molecule has 0 amide bonds. The smallest absolute Gasteiger partial charge is 0.194 e. The molecule has 0 aliphatic carbocycles. The van der Waals surface area contributed by atoms with Crippen LogP contribution in [0.25, 0.3) is 0 Å². The Morgan fingerprint density at radius 1 is 1.06 bits per heavy atom. The Morgan fingerprint density at radius 3 is 2.00 bits per heavy atom. The van der Waals surface area contributed by atoms with Crippen LogP contribution in [0.4, 0.5) is 13.2 Å². The van der Waals surface area contributed by atoms with E-state index in [0.29, 0.717) is 18.0 Å². The lowest BCUT2D eigenvalue weighted by Crippen LogP contribution is -2.30. The highest BCUT2D eigenvalue weighted by Gasteiger charge is 2.11. The fourth-order valence-corrected chi connectivity index (χ4v) is 1.22. The van der Waals surface area contributed by atoms with Crippen LogP contribution >= 0.6 is 0 Å². The number of benzene rings is 1. The summed E-state index contributed by atoms with van der Waals surface area (Å²) in [5.74, 6) is -3.28. The maximum atomic E-state index is 12.9. The second-order valence-corrected chi connectivity index (χ2v) is 4.29. The molecule has 0 saturated heterocycles. The van der Waals surface area contributed by atoms with Gasteiger partial charge in [0.1, 0.15) is 0 Å². The number of nitrogens with one attached hydrogen (secondary N) is 1. The van der Waals surface area contributed by atoms with Crippen LogP contribution in [0, 0.1) is 23.4 Å². The van der Waals surface area contributed by atoms with Crippen molar-refractivity contribution in [3.8, 4) is 0 Å². The maximum absolute atomic E-state index is 12.9. The van der Waals surface area contributed by atoms with Crippen LogP contribution in [0.15, 0.2) is 12.1 Å². The van der Waals surface area contributed by atoms with E-state index in [0.717, 1.165) is 12.1 Å². The molecule has 90 valence electrons. The summed E-state index contributed by atoms with van der Waals surface area (Å²) in [5, 5.41) is 3.12. The predicted molar refractivity (Wildman–Crippen MR) is 57.5 cm³/mol. The van der Waals surface area contributed by atoms with E-state index in [2.05, 4.69) is 5.32 Å². The quantitative estimate of drug-likeness (QED) is 0.784. The van der Waals surface area contributed by atoms with Gasteiger partial charge in [0.15, 0.2) is 17.5 Å². The van der Waals surface area contributed by atoms with Crippen molar-refractivity contribution in [1.82, 2.24) is 5.32 Å². The predicted octanol–water partition coefficient (Wildman–Crippen LogP) is 3.24. The van der Waals surface area contributed by atoms with Crippen molar-refractivity contribution in [1.29, 1.82) is 0 Å². The van der Waals surface area contributed by atoms with Crippen molar-refractivity contribution in [2.45, 2.75) is 33.4 Å². The fraction of sp³-hybridized carbons (Fsp3) is 0.500. The van der Waals surface area contributed by atoms with Gasteiger partial charge in [0.2, 0.25) is 0 Å². The number of hydrogen-bond donors (Lipinski definition) is 1. The molecule has 1 atom stereocenters. The first kappa shape index (κ1) is 13.0. The lowest BCUT2D eigenvalue weighted by Gasteiger charge is -2.17. The first-order valence-corrected chi connectivity index (χ1v) is 5.28. The van der Waals surface area contributed by atoms with Gasteiger partial charge >= 0.3 is 0 Å². The van der Waals surface area contributed by atoms with Gasteiger partial charge in [0.25, 0.3) is 0 Å². The van der Waals surface area contributed by atoms with Gasteiger partial charge in [-0.3, -0.25) is 0 Å². The van der Waals surface area contributed by atoms with Crippen LogP contribution in [-0.2, 0) is 6.54 Å². The largest absolute Gasteiger partial charge is 0.310 e. The number of halogens is 3. The van der Waals surface area contributed by atoms with E-state index in [9.17, 15) is 13.2 Å². The molecule has 1 unspecified atom stereocenters. The number of hydrogen-bond acceptors (Lipinski definition) is 1. The molecular formula is C12H16F3N. The number of rotatable bonds is 4. The third-order valence-electron chi connectivity index (χ3n) is 2.67. The van der Waals surface area contributed by atoms with Crippen molar-refractivity contribution < 1.29 is 13.2 Å². The lowest BCUT2D eigenvalue weighted by atomic mass is 10.1. The van der Waals surface area contributed by atoms with Crippen LogP contribution in [-0.4, -0.2) is 6.04 Å². The molecule has 0 radical (unpaired) electrons. The molecule has 1 rings (SSSR count). The molecule has 1 aromatic rings. The monoisotopic (exact) mass is 231 g/mol. The lowest BCUT2D eigenvalue weighted by molar-refractivity contribution is 0.419. The average Bonchev–Trinajstić information content (AvgIpc) is 2.22. The van der Waals surface area contributed by atoms with E-state index < -0.39 is 17.5 Å². The van der Waals surface area contributed by atoms with Crippen LogP contribution in [0.5, 0.6) is 0 Å². The highest BCUT2D eigenvalue weighted by molar-refractivity contribution is 5.19. The van der Waals surface area contributed by atoms with Gasteiger partial charge in [-0.05, 0) is 30.5 Å². The van der Waals surface area contributed by atoms with Crippen LogP contribution in [0.2, 0.25) is 0 Å². The van der Waals surface area contributed by atoms with Gasteiger partial charge in [-0.15, -0.1) is 0 Å². The summed E-state index contributed by atoms with van der Waals surface area (Å²) >= 11 is 0. The highest BCUT2D eigenvalue weighted by atomic mass is 19.2. The van der Waals surface area contributed by atoms with Gasteiger partial charge in [0.05, 0.1) is 0 Å². The van der Waals surface area contributed by atoms with Gasteiger partial charge < -0.3 is 5.32 Å². The molecule has 16 heavy (non-hydrogen) atoms. The summed E-state index contributed by atoms with van der Waals surface area (Å²) in [4.78, 5) is 0. The minimum absolute atomic E-state index is 0.233. The Labute approximate surface area is 93.7 Å². The van der Waals surface area contributed by atoms with E-state index in [1.807, 2.05) is 20.8 Å². The summed E-state index contributed by atoms with van der Waals surface area (Å²) in [6.45, 7) is 6.40. The van der Waals surface area contributed by atoms with Crippen molar-refractivity contribution >= 4 is 0 Å². The molecule has 0 saturated carbocycles. The Morgan fingerprint density at radius 2 is 1.56 bits per heavy atom. The molecule has 1 nitrogen and oxygen atoms in total. The topological polar surface area (TPSA) is 12.0 Å². The Bertz CT molecular complexity index is 340. The molecule has 0 spiro atoms. The average molecular weight is 231 g/mol. The molecule has 0 aliphatic rings. The van der Waals surface area contributed by atoms with Crippen LogP contribution in [0.3, 0.4) is 0 Å². The van der Waals surface area contributed by atoms with Gasteiger partial charge in [0, 0.05) is 12.6 Å². The minimum atomic E-state index is -1.42. The summed E-state index contributed by atoms with van der Waals surface area (Å²) in [7, 11) is 0. The Hall–Kier alpha value is -1.03. The molecule has 0 fully saturated rings. The summed E-state index contributed by atoms with van der Waals surface area (Å²) in [6.07, 6.45) is 0. The molecule has 1 aromatic carbocycles. The van der Waals surface area contributed by atoms with Crippen LogP contribution < -0.4 is 5.32 Å². The zero-order chi connectivity index (χ0) is 12.3. The summed E-state index contributed by atoms with van der Waals surface area (Å²) in [6, 6.07) is 2.26. The van der Waals surface area contributed by atoms with Crippen molar-refractivity contribution in [2.75, 3.05) is 0 Å². The molecule has 0 bridgehead atoms. The van der Waals surface area contributed by atoms with E-state index in [1.54, 1.807) is 0 Å². The van der Waals surface area contributed by atoms with Gasteiger partial charge in [-0.25, -0.2) is 13.2 Å². The third-order valence-corrected chi connectivity index (χ3v) is 2.67. The van der Waals surface area contributed by atoms with Gasteiger partial charge in [-0.2, -0.15) is 0 Å². The summed E-state index contributed by atoms with van der Waals surface area (Å²) < 4.78 is 38.4. The first-order valence-electron chi connectivity index (χ1n) is 5.28. The Kier molecular flexibility index (Phi) is 4.35. The molecule has 0 heterocycles. The standard InChI is InChI=1S/C12H16F3N/c1-7(2)8(3)16-6-9-4-10(13)12(15)11(14)5-9/h4-5,7-8,16H,6H2,1-3H3. The molecule has 1 N–H and O–H groups in total. The van der Waals surface area contributed by atoms with E-state index >= 15 is 0 Å². The zero-order valence-corrected chi connectivity index (χ0v) is 9.65. The summed E-state index contributed by atoms with van der Waals surface area (Å²) in [5.41, 5.74) is 0.406. The molecule has 4 heteroatoms. The zero-order valence-electron chi connectivity index (χ0n) is 9.65. The second-order valence-electron chi connectivity index (χ2n) is 4.29. The fourth-order valence-electron chi connectivity index (χ4n) is 1.22. The van der Waals surface area contributed by atoms with Gasteiger partial charge in [-0.1, -0.05) is 13.8 Å². The van der Waals surface area contributed by atoms with Crippen molar-refractivity contribution in [3.05, 3.63) is 35.1 Å². The molecule has 0 aromatic heterocycles. The van der Waals surface area contributed by atoms with Crippen LogP contribution in [0.1, 0.15) is 26.3 Å². The Balaban J connectivity index is 2.68. The minimum Gasteiger partial charge on any atom is -0.310 e. The van der Waals surface area contributed by atoms with E-state index in [1.165, 1.54) is 0 Å². The maximum Gasteiger partial charge on any atom is 0.194 e.